The van der Waals surface area contributed by atoms with Crippen LogP contribution in [0.5, 0.6) is 0 Å². The maximum Gasteiger partial charge on any atom is 0.319 e. The molecule has 0 saturated carbocycles. The first-order valence-electron chi connectivity index (χ1n) is 6.18. The molecule has 0 radical (unpaired) electrons. The third kappa shape index (κ3) is 4.12. The molecule has 112 valence electrons. The zero-order chi connectivity index (χ0) is 15.3. The van der Waals surface area contributed by atoms with E-state index in [1.54, 1.807) is 0 Å². The Kier molecular flexibility index (Phi) is 5.82. The minimum Gasteiger partial charge on any atom is -0.396 e. The van der Waals surface area contributed by atoms with Crippen molar-refractivity contribution in [3.05, 3.63) is 29.6 Å². The number of hydrogen-bond donors (Lipinski definition) is 3. The van der Waals surface area contributed by atoms with Crippen LogP contribution in [0.3, 0.4) is 0 Å². The summed E-state index contributed by atoms with van der Waals surface area (Å²) in [7, 11) is 0. The van der Waals surface area contributed by atoms with Crippen molar-refractivity contribution in [3.63, 3.8) is 0 Å². The lowest BCUT2D eigenvalue weighted by Gasteiger charge is -2.21. The van der Waals surface area contributed by atoms with E-state index < -0.39 is 29.2 Å². The van der Waals surface area contributed by atoms with E-state index in [9.17, 15) is 18.0 Å². The Bertz CT molecular complexity index is 481. The number of hydrogen-bond acceptors (Lipinski definition) is 2. The second kappa shape index (κ2) is 7.14. The Balaban J connectivity index is 2.73. The Hall–Kier alpha value is -1.76. The number of urea groups is 1. The molecule has 0 spiro atoms. The first-order valence-corrected chi connectivity index (χ1v) is 6.18. The van der Waals surface area contributed by atoms with Crippen LogP contribution in [0, 0.1) is 23.4 Å². The van der Waals surface area contributed by atoms with Gasteiger partial charge in [0.05, 0.1) is 5.69 Å². The van der Waals surface area contributed by atoms with Crippen LogP contribution < -0.4 is 10.6 Å². The number of aliphatic hydroxyl groups is 1. The SMILES string of the molecule is CC(C)C(CCO)NC(=O)Nc1ccc(F)c(F)c1F. The summed E-state index contributed by atoms with van der Waals surface area (Å²) >= 11 is 0. The summed E-state index contributed by atoms with van der Waals surface area (Å²) in [6.45, 7) is 3.58. The highest BCUT2D eigenvalue weighted by atomic mass is 19.2. The third-order valence-electron chi connectivity index (χ3n) is 2.84. The topological polar surface area (TPSA) is 61.4 Å². The molecule has 20 heavy (non-hydrogen) atoms. The van der Waals surface area contributed by atoms with Gasteiger partial charge in [-0.1, -0.05) is 13.8 Å². The molecular weight excluding hydrogens is 273 g/mol. The molecular formula is C13H17F3N2O2. The zero-order valence-corrected chi connectivity index (χ0v) is 11.2. The Morgan fingerprint density at radius 1 is 1.25 bits per heavy atom. The van der Waals surface area contributed by atoms with E-state index in [1.807, 2.05) is 13.8 Å². The van der Waals surface area contributed by atoms with Crippen LogP contribution >= 0.6 is 0 Å². The number of halogens is 3. The van der Waals surface area contributed by atoms with Crippen LogP contribution in [-0.2, 0) is 0 Å². The summed E-state index contributed by atoms with van der Waals surface area (Å²) in [4.78, 5) is 11.7. The smallest absolute Gasteiger partial charge is 0.319 e. The Labute approximate surface area is 115 Å². The van der Waals surface area contributed by atoms with Gasteiger partial charge in [-0.15, -0.1) is 0 Å². The van der Waals surface area contributed by atoms with Crippen LogP contribution in [-0.4, -0.2) is 23.8 Å². The number of benzene rings is 1. The zero-order valence-electron chi connectivity index (χ0n) is 11.2. The van der Waals surface area contributed by atoms with Gasteiger partial charge in [0, 0.05) is 12.6 Å². The normalized spacial score (nSPS) is 12.3. The van der Waals surface area contributed by atoms with Crippen LogP contribution in [0.4, 0.5) is 23.7 Å². The number of anilines is 1. The first-order chi connectivity index (χ1) is 9.36. The highest BCUT2D eigenvalue weighted by molar-refractivity contribution is 5.89. The predicted molar refractivity (Wildman–Crippen MR) is 68.8 cm³/mol. The predicted octanol–water partition coefficient (Wildman–Crippen LogP) is 2.63. The van der Waals surface area contributed by atoms with Gasteiger partial charge in [-0.25, -0.2) is 18.0 Å². The van der Waals surface area contributed by atoms with Crippen molar-refractivity contribution in [3.8, 4) is 0 Å². The molecule has 0 fully saturated rings. The molecule has 1 aromatic rings. The fourth-order valence-electron chi connectivity index (χ4n) is 1.66. The van der Waals surface area contributed by atoms with Crippen LogP contribution in [0.1, 0.15) is 20.3 Å². The monoisotopic (exact) mass is 290 g/mol. The van der Waals surface area contributed by atoms with Crippen LogP contribution in [0.15, 0.2) is 12.1 Å². The molecule has 1 rings (SSSR count). The molecule has 3 N–H and O–H groups in total. The molecule has 7 heteroatoms. The summed E-state index contributed by atoms with van der Waals surface area (Å²) in [6.07, 6.45) is 0.339. The molecule has 0 saturated heterocycles. The molecule has 1 atom stereocenters. The second-order valence-corrected chi connectivity index (χ2v) is 4.68. The Morgan fingerprint density at radius 3 is 2.45 bits per heavy atom. The van der Waals surface area contributed by atoms with Crippen LogP contribution in [0.25, 0.3) is 0 Å². The maximum absolute atomic E-state index is 13.4. The molecule has 1 unspecified atom stereocenters. The van der Waals surface area contributed by atoms with E-state index in [-0.39, 0.29) is 18.6 Å². The fourth-order valence-corrected chi connectivity index (χ4v) is 1.66. The van der Waals surface area contributed by atoms with E-state index in [0.717, 1.165) is 12.1 Å². The summed E-state index contributed by atoms with van der Waals surface area (Å²) in [5, 5.41) is 13.5. The molecule has 0 aromatic heterocycles. The van der Waals surface area contributed by atoms with E-state index in [2.05, 4.69) is 10.6 Å². The first kappa shape index (κ1) is 16.3. The molecule has 1 aromatic carbocycles. The molecule has 0 aliphatic rings. The van der Waals surface area contributed by atoms with Crippen molar-refractivity contribution in [2.45, 2.75) is 26.3 Å². The number of carbonyl (C=O) groups is 1. The van der Waals surface area contributed by atoms with Crippen molar-refractivity contribution in [1.29, 1.82) is 0 Å². The van der Waals surface area contributed by atoms with E-state index >= 15 is 0 Å². The molecule has 4 nitrogen and oxygen atoms in total. The van der Waals surface area contributed by atoms with Crippen molar-refractivity contribution in [1.82, 2.24) is 5.32 Å². The van der Waals surface area contributed by atoms with Crippen molar-refractivity contribution in [2.75, 3.05) is 11.9 Å². The highest BCUT2D eigenvalue weighted by Gasteiger charge is 2.18. The lowest BCUT2D eigenvalue weighted by molar-refractivity contribution is 0.227. The van der Waals surface area contributed by atoms with Gasteiger partial charge < -0.3 is 15.7 Å². The Morgan fingerprint density at radius 2 is 1.90 bits per heavy atom. The molecule has 0 aliphatic heterocycles. The summed E-state index contributed by atoms with van der Waals surface area (Å²) < 4.78 is 39.1. The van der Waals surface area contributed by atoms with Gasteiger partial charge in [0.2, 0.25) is 0 Å². The minimum atomic E-state index is -1.64. The number of nitrogens with one attached hydrogen (secondary N) is 2. The molecule has 0 bridgehead atoms. The lowest BCUT2D eigenvalue weighted by Crippen LogP contribution is -2.41. The second-order valence-electron chi connectivity index (χ2n) is 4.68. The largest absolute Gasteiger partial charge is 0.396 e. The number of amides is 2. The van der Waals surface area contributed by atoms with Crippen molar-refractivity contribution < 1.29 is 23.1 Å². The quantitative estimate of drug-likeness (QED) is 0.730. The van der Waals surface area contributed by atoms with Gasteiger partial charge in [0.15, 0.2) is 17.5 Å². The lowest BCUT2D eigenvalue weighted by atomic mass is 10.0. The summed E-state index contributed by atoms with van der Waals surface area (Å²) in [6, 6.07) is 0.598. The van der Waals surface area contributed by atoms with E-state index in [0.29, 0.717) is 6.42 Å². The van der Waals surface area contributed by atoms with Gasteiger partial charge >= 0.3 is 6.03 Å². The number of rotatable bonds is 5. The average molecular weight is 290 g/mol. The van der Waals surface area contributed by atoms with Gasteiger partial charge in [-0.05, 0) is 24.5 Å². The van der Waals surface area contributed by atoms with Crippen LogP contribution in [0.2, 0.25) is 0 Å². The third-order valence-corrected chi connectivity index (χ3v) is 2.84. The highest BCUT2D eigenvalue weighted by Crippen LogP contribution is 2.19. The average Bonchev–Trinajstić information content (AvgIpc) is 2.39. The molecule has 0 heterocycles. The van der Waals surface area contributed by atoms with Crippen molar-refractivity contribution >= 4 is 11.7 Å². The van der Waals surface area contributed by atoms with E-state index in [4.69, 9.17) is 5.11 Å². The van der Waals surface area contributed by atoms with Gasteiger partial charge in [0.25, 0.3) is 0 Å². The maximum atomic E-state index is 13.4. The fraction of sp³-hybridized carbons (Fsp3) is 0.462. The van der Waals surface area contributed by atoms with Gasteiger partial charge in [0.1, 0.15) is 0 Å². The number of carbonyl (C=O) groups excluding carboxylic acids is 1. The number of aliphatic hydroxyl groups excluding tert-OH is 1. The molecule has 2 amide bonds. The standard InChI is InChI=1S/C13H17F3N2O2/c1-7(2)9(5-6-19)17-13(20)18-10-4-3-8(14)11(15)12(10)16/h3-4,7,9,19H,5-6H2,1-2H3,(H2,17,18,20). The molecule has 0 aliphatic carbocycles. The minimum absolute atomic E-state index is 0.0581. The van der Waals surface area contributed by atoms with Gasteiger partial charge in [-0.3, -0.25) is 0 Å². The van der Waals surface area contributed by atoms with Gasteiger partial charge in [-0.2, -0.15) is 0 Å². The van der Waals surface area contributed by atoms with E-state index in [1.165, 1.54) is 0 Å². The summed E-state index contributed by atoms with van der Waals surface area (Å²) in [5.41, 5.74) is -0.451. The summed E-state index contributed by atoms with van der Waals surface area (Å²) in [5.74, 6) is -4.36. The van der Waals surface area contributed by atoms with Crippen molar-refractivity contribution in [2.24, 2.45) is 5.92 Å².